The highest BCUT2D eigenvalue weighted by atomic mass is 32.2. The lowest BCUT2D eigenvalue weighted by atomic mass is 10.1. The molecule has 0 aliphatic carbocycles. The van der Waals surface area contributed by atoms with E-state index in [1.807, 2.05) is 43.3 Å². The number of hydrogen-bond acceptors (Lipinski definition) is 6. The van der Waals surface area contributed by atoms with Gasteiger partial charge in [-0.25, -0.2) is 4.98 Å². The van der Waals surface area contributed by atoms with Crippen molar-refractivity contribution in [3.63, 3.8) is 0 Å². The Morgan fingerprint density at radius 1 is 1.35 bits per heavy atom. The zero-order chi connectivity index (χ0) is 16.4. The average molecular weight is 346 g/mol. The molecule has 0 saturated carbocycles. The number of esters is 1. The van der Waals surface area contributed by atoms with E-state index in [1.54, 1.807) is 0 Å². The minimum absolute atomic E-state index is 0.196. The third-order valence-electron chi connectivity index (χ3n) is 3.25. The molecule has 5 nitrogen and oxygen atoms in total. The van der Waals surface area contributed by atoms with Crippen LogP contribution in [0.3, 0.4) is 0 Å². The van der Waals surface area contributed by atoms with E-state index >= 15 is 0 Å². The van der Waals surface area contributed by atoms with Gasteiger partial charge in [-0.2, -0.15) is 0 Å². The first-order valence-corrected chi connectivity index (χ1v) is 8.58. The third-order valence-corrected chi connectivity index (χ3v) is 5.31. The van der Waals surface area contributed by atoms with Crippen LogP contribution < -0.4 is 5.56 Å². The standard InChI is InChI=1S/C16H14N2O3S2/c1-9-8-11-13(19)17-16(18-14(11)22-9)23-12(15(20)21-2)10-6-4-3-5-7-10/h3-8,12H,1-2H3,(H,17,18,19). The van der Waals surface area contributed by atoms with Crippen LogP contribution in [0.1, 0.15) is 15.7 Å². The summed E-state index contributed by atoms with van der Waals surface area (Å²) in [6.07, 6.45) is 0. The maximum Gasteiger partial charge on any atom is 0.323 e. The lowest BCUT2D eigenvalue weighted by Crippen LogP contribution is -2.13. The summed E-state index contributed by atoms with van der Waals surface area (Å²) in [7, 11) is 1.35. The zero-order valence-electron chi connectivity index (χ0n) is 12.5. The van der Waals surface area contributed by atoms with E-state index in [4.69, 9.17) is 4.74 Å². The highest BCUT2D eigenvalue weighted by Gasteiger charge is 2.24. The summed E-state index contributed by atoms with van der Waals surface area (Å²) in [5.41, 5.74) is 0.605. The Morgan fingerprint density at radius 3 is 2.78 bits per heavy atom. The molecule has 23 heavy (non-hydrogen) atoms. The minimum atomic E-state index is -0.581. The summed E-state index contributed by atoms with van der Waals surface area (Å²) in [4.78, 5) is 33.1. The predicted octanol–water partition coefficient (Wildman–Crippen LogP) is 3.30. The number of carbonyl (C=O) groups is 1. The van der Waals surface area contributed by atoms with Crippen LogP contribution in [0.5, 0.6) is 0 Å². The number of aromatic amines is 1. The smallest absolute Gasteiger partial charge is 0.323 e. The fourth-order valence-corrected chi connectivity index (χ4v) is 4.13. The molecule has 0 bridgehead atoms. The van der Waals surface area contributed by atoms with Crippen LogP contribution in [0.2, 0.25) is 0 Å². The zero-order valence-corrected chi connectivity index (χ0v) is 14.2. The molecule has 0 aliphatic rings. The molecular weight excluding hydrogens is 332 g/mol. The van der Waals surface area contributed by atoms with Crippen LogP contribution in [0, 0.1) is 6.92 Å². The maximum atomic E-state index is 12.2. The molecule has 0 spiro atoms. The molecule has 0 fully saturated rings. The molecule has 0 aliphatic heterocycles. The summed E-state index contributed by atoms with van der Waals surface area (Å²) in [5, 5.41) is 0.401. The first-order valence-electron chi connectivity index (χ1n) is 6.88. The summed E-state index contributed by atoms with van der Waals surface area (Å²) in [6, 6.07) is 11.1. The lowest BCUT2D eigenvalue weighted by Gasteiger charge is -2.13. The van der Waals surface area contributed by atoms with Crippen molar-refractivity contribution in [2.45, 2.75) is 17.3 Å². The van der Waals surface area contributed by atoms with E-state index < -0.39 is 5.25 Å². The molecule has 1 unspecified atom stereocenters. The van der Waals surface area contributed by atoms with Gasteiger partial charge in [0.25, 0.3) is 5.56 Å². The van der Waals surface area contributed by atoms with Gasteiger partial charge in [-0.05, 0) is 18.6 Å². The van der Waals surface area contributed by atoms with Gasteiger partial charge in [-0.1, -0.05) is 42.1 Å². The highest BCUT2D eigenvalue weighted by molar-refractivity contribution is 8.00. The number of benzene rings is 1. The second-order valence-corrected chi connectivity index (χ2v) is 7.21. The van der Waals surface area contributed by atoms with Crippen molar-refractivity contribution in [2.24, 2.45) is 0 Å². The first-order chi connectivity index (χ1) is 11.1. The largest absolute Gasteiger partial charge is 0.468 e. The van der Waals surface area contributed by atoms with E-state index in [0.717, 1.165) is 10.4 Å². The number of thiophene rings is 1. The van der Waals surface area contributed by atoms with Gasteiger partial charge in [0.15, 0.2) is 5.16 Å². The van der Waals surface area contributed by atoms with Crippen molar-refractivity contribution in [3.8, 4) is 0 Å². The number of nitrogens with zero attached hydrogens (tertiary/aromatic N) is 1. The number of carbonyl (C=O) groups excluding carboxylic acids is 1. The van der Waals surface area contributed by atoms with E-state index in [2.05, 4.69) is 9.97 Å². The van der Waals surface area contributed by atoms with Gasteiger partial charge in [0.1, 0.15) is 10.1 Å². The third kappa shape index (κ3) is 3.30. The Labute approximate surface area is 140 Å². The monoisotopic (exact) mass is 346 g/mol. The van der Waals surface area contributed by atoms with Gasteiger partial charge in [0, 0.05) is 4.88 Å². The topological polar surface area (TPSA) is 72.0 Å². The number of fused-ring (bicyclic) bond motifs is 1. The molecule has 7 heteroatoms. The van der Waals surface area contributed by atoms with Crippen molar-refractivity contribution in [3.05, 3.63) is 57.2 Å². The van der Waals surface area contributed by atoms with Gasteiger partial charge in [-0.3, -0.25) is 9.59 Å². The molecule has 118 valence electrons. The lowest BCUT2D eigenvalue weighted by molar-refractivity contribution is -0.140. The molecule has 0 saturated heterocycles. The minimum Gasteiger partial charge on any atom is -0.468 e. The Hall–Kier alpha value is -2.12. The van der Waals surface area contributed by atoms with Crippen LogP contribution in [-0.2, 0) is 9.53 Å². The number of ether oxygens (including phenoxy) is 1. The molecule has 2 aromatic heterocycles. The summed E-state index contributed by atoms with van der Waals surface area (Å²) in [5.74, 6) is -0.383. The van der Waals surface area contributed by atoms with Gasteiger partial charge in [0.05, 0.1) is 12.5 Å². The second kappa shape index (κ2) is 6.55. The number of rotatable bonds is 4. The number of H-pyrrole nitrogens is 1. The molecular formula is C16H14N2O3S2. The van der Waals surface area contributed by atoms with Gasteiger partial charge in [-0.15, -0.1) is 11.3 Å². The molecule has 3 aromatic rings. The van der Waals surface area contributed by atoms with Crippen molar-refractivity contribution >= 4 is 39.3 Å². The van der Waals surface area contributed by atoms with Crippen molar-refractivity contribution in [1.29, 1.82) is 0 Å². The Kier molecular flexibility index (Phi) is 4.49. The molecule has 0 amide bonds. The molecule has 1 N–H and O–H groups in total. The molecule has 1 aromatic carbocycles. The van der Waals surface area contributed by atoms with E-state index in [9.17, 15) is 9.59 Å². The van der Waals surface area contributed by atoms with Crippen molar-refractivity contribution < 1.29 is 9.53 Å². The van der Waals surface area contributed by atoms with Gasteiger partial charge < -0.3 is 9.72 Å². The van der Waals surface area contributed by atoms with Crippen LogP contribution in [-0.4, -0.2) is 23.0 Å². The Bertz CT molecular complexity index is 903. The van der Waals surface area contributed by atoms with Crippen molar-refractivity contribution in [1.82, 2.24) is 9.97 Å². The predicted molar refractivity (Wildman–Crippen MR) is 92.0 cm³/mol. The normalized spacial score (nSPS) is 12.3. The number of thioether (sulfide) groups is 1. The first kappa shape index (κ1) is 15.8. The number of hydrogen-bond donors (Lipinski definition) is 1. The van der Waals surface area contributed by atoms with E-state index in [0.29, 0.717) is 15.4 Å². The summed E-state index contributed by atoms with van der Waals surface area (Å²) in [6.45, 7) is 1.93. The SMILES string of the molecule is COC(=O)C(Sc1nc2sc(C)cc2c(=O)[nH]1)c1ccccc1. The second-order valence-electron chi connectivity index (χ2n) is 4.88. The van der Waals surface area contributed by atoms with Crippen molar-refractivity contribution in [2.75, 3.05) is 7.11 Å². The van der Waals surface area contributed by atoms with Crippen LogP contribution in [0.15, 0.2) is 46.3 Å². The fraction of sp³-hybridized carbons (Fsp3) is 0.188. The molecule has 3 rings (SSSR count). The Morgan fingerprint density at radius 2 is 2.09 bits per heavy atom. The Balaban J connectivity index is 2.00. The fourth-order valence-electron chi connectivity index (χ4n) is 2.19. The average Bonchev–Trinajstić information content (AvgIpc) is 2.93. The number of nitrogens with one attached hydrogen (secondary N) is 1. The summed E-state index contributed by atoms with van der Waals surface area (Å²) >= 11 is 2.64. The molecule has 0 radical (unpaired) electrons. The summed E-state index contributed by atoms with van der Waals surface area (Å²) < 4.78 is 4.88. The number of methoxy groups -OCH3 is 1. The van der Waals surface area contributed by atoms with Crippen LogP contribution >= 0.6 is 23.1 Å². The molecule has 1 atom stereocenters. The van der Waals surface area contributed by atoms with Crippen LogP contribution in [0.4, 0.5) is 0 Å². The van der Waals surface area contributed by atoms with E-state index in [-0.39, 0.29) is 11.5 Å². The number of aromatic nitrogens is 2. The van der Waals surface area contributed by atoms with E-state index in [1.165, 1.54) is 30.2 Å². The van der Waals surface area contributed by atoms with Gasteiger partial charge in [0.2, 0.25) is 0 Å². The quantitative estimate of drug-likeness (QED) is 0.446. The highest BCUT2D eigenvalue weighted by Crippen LogP contribution is 2.34. The number of aryl methyl sites for hydroxylation is 1. The maximum absolute atomic E-state index is 12.2. The van der Waals surface area contributed by atoms with Crippen LogP contribution in [0.25, 0.3) is 10.2 Å². The van der Waals surface area contributed by atoms with Gasteiger partial charge >= 0.3 is 5.97 Å². The molecule has 2 heterocycles.